The van der Waals surface area contributed by atoms with Crippen LogP contribution in [0.25, 0.3) is 0 Å². The number of hydrogen-bond acceptors (Lipinski definition) is 5. The molecule has 1 aromatic carbocycles. The van der Waals surface area contributed by atoms with Crippen molar-refractivity contribution in [2.45, 2.75) is 31.1 Å². The largest absolute Gasteiger partial charge is 0.474 e. The van der Waals surface area contributed by atoms with Gasteiger partial charge in [0, 0.05) is 30.7 Å². The molecule has 2 heterocycles. The van der Waals surface area contributed by atoms with Gasteiger partial charge in [-0.2, -0.15) is 0 Å². The summed E-state index contributed by atoms with van der Waals surface area (Å²) >= 11 is 11.9. The molecule has 3 N–H and O–H groups in total. The molecule has 0 radical (unpaired) electrons. The highest BCUT2D eigenvalue weighted by Gasteiger charge is 2.21. The van der Waals surface area contributed by atoms with Gasteiger partial charge in [-0.05, 0) is 23.8 Å². The van der Waals surface area contributed by atoms with Crippen LogP contribution in [0.5, 0.6) is 5.88 Å². The second-order valence-corrected chi connectivity index (χ2v) is 6.82. The Balaban J connectivity index is 0.00000182. The van der Waals surface area contributed by atoms with Gasteiger partial charge in [0.25, 0.3) is 0 Å². The molecule has 150 valence electrons. The zero-order valence-corrected chi connectivity index (χ0v) is 17.5. The maximum atomic E-state index is 10.5. The molecular formula is C18H22Cl4N2O3. The van der Waals surface area contributed by atoms with E-state index in [-0.39, 0.29) is 30.9 Å². The zero-order valence-electron chi connectivity index (χ0n) is 14.4. The van der Waals surface area contributed by atoms with Gasteiger partial charge in [-0.15, -0.1) is 24.8 Å². The number of aliphatic hydroxyl groups is 1. The lowest BCUT2D eigenvalue weighted by atomic mass is 9.98. The number of aromatic nitrogens is 1. The molecule has 1 aromatic heterocycles. The van der Waals surface area contributed by atoms with Gasteiger partial charge < -0.3 is 20.3 Å². The van der Waals surface area contributed by atoms with Crippen LogP contribution >= 0.6 is 48.0 Å². The topological polar surface area (TPSA) is 77.6 Å². The Kier molecular flexibility index (Phi) is 10.1. The van der Waals surface area contributed by atoms with Crippen LogP contribution in [0.15, 0.2) is 36.5 Å². The average Bonchev–Trinajstić information content (AvgIpc) is 2.64. The highest BCUT2D eigenvalue weighted by atomic mass is 35.5. The van der Waals surface area contributed by atoms with Crippen molar-refractivity contribution in [3.05, 3.63) is 57.7 Å². The second kappa shape index (κ2) is 11.3. The molecule has 0 bridgehead atoms. The van der Waals surface area contributed by atoms with Gasteiger partial charge in [0.05, 0.1) is 35.4 Å². The van der Waals surface area contributed by atoms with Gasteiger partial charge in [-0.3, -0.25) is 0 Å². The summed E-state index contributed by atoms with van der Waals surface area (Å²) in [5.74, 6) is 0.533. The summed E-state index contributed by atoms with van der Waals surface area (Å²) in [6, 6.07) is 7.94. The molecule has 0 aliphatic carbocycles. The number of hydrogen-bond donors (Lipinski definition) is 2. The van der Waals surface area contributed by atoms with E-state index < -0.39 is 12.1 Å². The van der Waals surface area contributed by atoms with E-state index in [1.165, 1.54) is 0 Å². The monoisotopic (exact) mass is 454 g/mol. The Morgan fingerprint density at radius 2 is 1.74 bits per heavy atom. The lowest BCUT2D eigenvalue weighted by molar-refractivity contribution is 0.0237. The smallest absolute Gasteiger partial charge is 0.213 e. The van der Waals surface area contributed by atoms with Crippen molar-refractivity contribution in [1.82, 2.24) is 4.98 Å². The number of benzene rings is 1. The molecular weight excluding hydrogens is 434 g/mol. The fourth-order valence-corrected chi connectivity index (χ4v) is 3.02. The lowest BCUT2D eigenvalue weighted by Gasteiger charge is -2.23. The fraction of sp³-hybridized carbons (Fsp3) is 0.389. The Morgan fingerprint density at radius 3 is 2.33 bits per heavy atom. The molecule has 1 fully saturated rings. The standard InChI is InChI=1S/C18H20Cl2N2O3.2ClH/c19-14-3-1-11(9-15(14)20)17(21)18(23)12-2-4-16(22-10-12)25-13-5-7-24-8-6-13;;/h1-4,9-10,13,17-18,23H,5-8,21H2;2*1H. The van der Waals surface area contributed by atoms with Crippen molar-refractivity contribution in [2.24, 2.45) is 5.73 Å². The fourth-order valence-electron chi connectivity index (χ4n) is 2.71. The second-order valence-electron chi connectivity index (χ2n) is 6.00. The molecule has 27 heavy (non-hydrogen) atoms. The average molecular weight is 456 g/mol. The summed E-state index contributed by atoms with van der Waals surface area (Å²) in [6.07, 6.45) is 2.50. The van der Waals surface area contributed by atoms with E-state index in [2.05, 4.69) is 4.98 Å². The molecule has 0 spiro atoms. The Morgan fingerprint density at radius 1 is 1.07 bits per heavy atom. The Hall–Kier alpha value is -0.790. The third-order valence-corrected chi connectivity index (χ3v) is 4.96. The highest BCUT2D eigenvalue weighted by molar-refractivity contribution is 6.42. The van der Waals surface area contributed by atoms with Crippen LogP contribution in [0.3, 0.4) is 0 Å². The van der Waals surface area contributed by atoms with Crippen LogP contribution in [0, 0.1) is 0 Å². The summed E-state index contributed by atoms with van der Waals surface area (Å²) in [5.41, 5.74) is 7.46. The first-order chi connectivity index (χ1) is 12.0. The lowest BCUT2D eigenvalue weighted by Crippen LogP contribution is -2.26. The van der Waals surface area contributed by atoms with Crippen molar-refractivity contribution in [3.8, 4) is 5.88 Å². The molecule has 1 aliphatic heterocycles. The van der Waals surface area contributed by atoms with Gasteiger partial charge in [0.2, 0.25) is 5.88 Å². The van der Waals surface area contributed by atoms with Crippen LogP contribution in [0.1, 0.15) is 36.1 Å². The van der Waals surface area contributed by atoms with Crippen LogP contribution in [0.4, 0.5) is 0 Å². The number of pyridine rings is 1. The normalized spacial score (nSPS) is 16.6. The third kappa shape index (κ3) is 6.36. The summed E-state index contributed by atoms with van der Waals surface area (Å²) in [6.45, 7) is 1.42. The molecule has 2 atom stereocenters. The minimum absolute atomic E-state index is 0. The summed E-state index contributed by atoms with van der Waals surface area (Å²) < 4.78 is 11.1. The van der Waals surface area contributed by atoms with Gasteiger partial charge in [0.15, 0.2) is 0 Å². The van der Waals surface area contributed by atoms with Crippen molar-refractivity contribution < 1.29 is 14.6 Å². The molecule has 1 saturated heterocycles. The molecule has 3 rings (SSSR count). The van der Waals surface area contributed by atoms with Crippen molar-refractivity contribution in [2.75, 3.05) is 13.2 Å². The minimum Gasteiger partial charge on any atom is -0.474 e. The number of nitrogens with two attached hydrogens (primary N) is 1. The van der Waals surface area contributed by atoms with Gasteiger partial charge >= 0.3 is 0 Å². The van der Waals surface area contributed by atoms with E-state index in [0.717, 1.165) is 12.8 Å². The molecule has 0 saturated carbocycles. The van der Waals surface area contributed by atoms with Crippen LogP contribution < -0.4 is 10.5 Å². The third-order valence-electron chi connectivity index (χ3n) is 4.23. The van der Waals surface area contributed by atoms with Gasteiger partial charge in [-0.1, -0.05) is 29.3 Å². The predicted molar refractivity (Wildman–Crippen MR) is 112 cm³/mol. The number of rotatable bonds is 5. The first-order valence-electron chi connectivity index (χ1n) is 8.13. The summed E-state index contributed by atoms with van der Waals surface area (Å²) in [4.78, 5) is 4.28. The molecule has 9 heteroatoms. The summed E-state index contributed by atoms with van der Waals surface area (Å²) in [7, 11) is 0. The Bertz CT molecular complexity index is 712. The number of nitrogens with zero attached hydrogens (tertiary/aromatic N) is 1. The van der Waals surface area contributed by atoms with E-state index in [1.54, 1.807) is 36.5 Å². The van der Waals surface area contributed by atoms with E-state index in [1.807, 2.05) is 0 Å². The number of halogens is 4. The van der Waals surface area contributed by atoms with Crippen LogP contribution in [-0.4, -0.2) is 29.4 Å². The van der Waals surface area contributed by atoms with Crippen molar-refractivity contribution in [1.29, 1.82) is 0 Å². The van der Waals surface area contributed by atoms with E-state index in [9.17, 15) is 5.11 Å². The highest BCUT2D eigenvalue weighted by Crippen LogP contribution is 2.31. The maximum Gasteiger partial charge on any atom is 0.213 e. The van der Waals surface area contributed by atoms with Crippen molar-refractivity contribution >= 4 is 48.0 Å². The van der Waals surface area contributed by atoms with Gasteiger partial charge in [-0.25, -0.2) is 4.98 Å². The van der Waals surface area contributed by atoms with Crippen molar-refractivity contribution in [3.63, 3.8) is 0 Å². The number of ether oxygens (including phenoxy) is 2. The summed E-state index contributed by atoms with van der Waals surface area (Å²) in [5, 5.41) is 11.4. The van der Waals surface area contributed by atoms with Gasteiger partial charge in [0.1, 0.15) is 6.10 Å². The zero-order chi connectivity index (χ0) is 17.8. The maximum absolute atomic E-state index is 10.5. The minimum atomic E-state index is -0.915. The first-order valence-corrected chi connectivity index (χ1v) is 8.89. The molecule has 1 aliphatic rings. The molecule has 0 amide bonds. The SMILES string of the molecule is Cl.Cl.NC(c1ccc(Cl)c(Cl)c1)C(O)c1ccc(OC2CCOCC2)nc1. The molecule has 2 unspecified atom stereocenters. The molecule has 2 aromatic rings. The Labute approximate surface area is 181 Å². The van der Waals surface area contributed by atoms with Crippen LogP contribution in [-0.2, 0) is 4.74 Å². The van der Waals surface area contributed by atoms with E-state index in [4.69, 9.17) is 38.4 Å². The quantitative estimate of drug-likeness (QED) is 0.692. The first kappa shape index (κ1) is 24.2. The van der Waals surface area contributed by atoms with Crippen LogP contribution in [0.2, 0.25) is 10.0 Å². The number of aliphatic hydroxyl groups excluding tert-OH is 1. The van der Waals surface area contributed by atoms with E-state index in [0.29, 0.717) is 40.3 Å². The van der Waals surface area contributed by atoms with E-state index >= 15 is 0 Å². The molecule has 5 nitrogen and oxygen atoms in total. The predicted octanol–water partition coefficient (Wildman–Crippen LogP) is 4.52.